The number of benzene rings is 1. The summed E-state index contributed by atoms with van der Waals surface area (Å²) in [5.41, 5.74) is 6.90. The smallest absolute Gasteiger partial charge is 0.189 e. The van der Waals surface area contributed by atoms with Gasteiger partial charge in [-0.15, -0.1) is 0 Å². The van der Waals surface area contributed by atoms with Crippen LogP contribution in [0.3, 0.4) is 0 Å². The summed E-state index contributed by atoms with van der Waals surface area (Å²) in [6.45, 7) is 3.06. The lowest BCUT2D eigenvalue weighted by Crippen LogP contribution is -2.10. The first-order chi connectivity index (χ1) is 8.16. The number of nitrogens with two attached hydrogens (primary N) is 1. The molecule has 1 unspecified atom stereocenters. The van der Waals surface area contributed by atoms with Crippen molar-refractivity contribution in [3.63, 3.8) is 0 Å². The zero-order chi connectivity index (χ0) is 12.3. The molecule has 17 heavy (non-hydrogen) atoms. The van der Waals surface area contributed by atoms with Gasteiger partial charge in [0, 0.05) is 16.1 Å². The third-order valence-electron chi connectivity index (χ3n) is 2.81. The third-order valence-corrected chi connectivity index (χ3v) is 3.30. The number of halogens is 1. The van der Waals surface area contributed by atoms with Crippen molar-refractivity contribution in [1.29, 1.82) is 0 Å². The molecule has 1 saturated carbocycles. The van der Waals surface area contributed by atoms with Crippen LogP contribution in [0.4, 0.5) is 0 Å². The van der Waals surface area contributed by atoms with Crippen molar-refractivity contribution >= 4 is 15.9 Å². The number of rotatable bonds is 6. The van der Waals surface area contributed by atoms with Crippen LogP contribution in [0, 0.1) is 5.92 Å². The van der Waals surface area contributed by atoms with Gasteiger partial charge in [-0.3, -0.25) is 0 Å². The Labute approximate surface area is 110 Å². The highest BCUT2D eigenvalue weighted by molar-refractivity contribution is 9.10. The van der Waals surface area contributed by atoms with Crippen LogP contribution < -0.4 is 10.5 Å². The van der Waals surface area contributed by atoms with Crippen molar-refractivity contribution in [1.82, 2.24) is 0 Å². The molecule has 0 radical (unpaired) electrons. The van der Waals surface area contributed by atoms with Crippen molar-refractivity contribution in [3.05, 3.63) is 28.2 Å². The fraction of sp³-hybridized carbons (Fsp3) is 0.538. The molecule has 0 bridgehead atoms. The average molecular weight is 300 g/mol. The lowest BCUT2D eigenvalue weighted by Gasteiger charge is -2.14. The van der Waals surface area contributed by atoms with Crippen LogP contribution in [0.2, 0.25) is 0 Å². The maximum absolute atomic E-state index is 5.90. The molecule has 3 nitrogen and oxygen atoms in total. The van der Waals surface area contributed by atoms with E-state index in [4.69, 9.17) is 15.2 Å². The lowest BCUT2D eigenvalue weighted by molar-refractivity contribution is 0.00933. The summed E-state index contributed by atoms with van der Waals surface area (Å²) in [6.07, 6.45) is 2.59. The fourth-order valence-corrected chi connectivity index (χ4v) is 1.99. The van der Waals surface area contributed by atoms with Gasteiger partial charge in [0.1, 0.15) is 5.75 Å². The van der Waals surface area contributed by atoms with Crippen LogP contribution in [0.5, 0.6) is 5.75 Å². The SMILES string of the molecule is CC(N)c1cc(Br)ccc1OCOCC1CC1. The van der Waals surface area contributed by atoms with Gasteiger partial charge in [-0.25, -0.2) is 0 Å². The summed E-state index contributed by atoms with van der Waals surface area (Å²) in [7, 11) is 0. The van der Waals surface area contributed by atoms with Crippen molar-refractivity contribution in [2.45, 2.75) is 25.8 Å². The second-order valence-corrected chi connectivity index (χ2v) is 5.46. The molecule has 94 valence electrons. The van der Waals surface area contributed by atoms with Crippen LogP contribution in [-0.2, 0) is 4.74 Å². The van der Waals surface area contributed by atoms with E-state index in [9.17, 15) is 0 Å². The van der Waals surface area contributed by atoms with Gasteiger partial charge in [0.2, 0.25) is 0 Å². The summed E-state index contributed by atoms with van der Waals surface area (Å²) in [4.78, 5) is 0. The van der Waals surface area contributed by atoms with E-state index in [2.05, 4.69) is 15.9 Å². The molecule has 0 aliphatic heterocycles. The van der Waals surface area contributed by atoms with E-state index in [1.165, 1.54) is 12.8 Å². The quantitative estimate of drug-likeness (QED) is 0.648. The molecule has 0 aromatic heterocycles. The minimum Gasteiger partial charge on any atom is -0.467 e. The number of ether oxygens (including phenoxy) is 2. The van der Waals surface area contributed by atoms with Gasteiger partial charge in [-0.2, -0.15) is 0 Å². The average Bonchev–Trinajstić information content (AvgIpc) is 3.09. The third kappa shape index (κ3) is 3.98. The zero-order valence-corrected chi connectivity index (χ0v) is 11.6. The Balaban J connectivity index is 1.89. The molecule has 0 heterocycles. The molecule has 0 amide bonds. The van der Waals surface area contributed by atoms with Crippen molar-refractivity contribution in [2.24, 2.45) is 11.7 Å². The minimum atomic E-state index is -0.0501. The van der Waals surface area contributed by atoms with Crippen molar-refractivity contribution < 1.29 is 9.47 Å². The largest absolute Gasteiger partial charge is 0.467 e. The van der Waals surface area contributed by atoms with Gasteiger partial charge in [0.05, 0.1) is 6.61 Å². The number of hydrogen-bond acceptors (Lipinski definition) is 3. The molecule has 0 spiro atoms. The Morgan fingerprint density at radius 1 is 1.47 bits per heavy atom. The highest BCUT2D eigenvalue weighted by Gasteiger charge is 2.21. The molecule has 4 heteroatoms. The zero-order valence-electron chi connectivity index (χ0n) is 9.99. The van der Waals surface area contributed by atoms with E-state index in [-0.39, 0.29) is 6.04 Å². The molecule has 0 saturated heterocycles. The van der Waals surface area contributed by atoms with E-state index >= 15 is 0 Å². The van der Waals surface area contributed by atoms with E-state index in [1.807, 2.05) is 25.1 Å². The van der Waals surface area contributed by atoms with Crippen LogP contribution in [0.1, 0.15) is 31.4 Å². The van der Waals surface area contributed by atoms with Crippen LogP contribution in [0.15, 0.2) is 22.7 Å². The summed E-state index contributed by atoms with van der Waals surface area (Å²) in [6, 6.07) is 5.80. The normalized spacial score (nSPS) is 16.9. The van der Waals surface area contributed by atoms with Crippen LogP contribution >= 0.6 is 15.9 Å². The van der Waals surface area contributed by atoms with Gasteiger partial charge < -0.3 is 15.2 Å². The second kappa shape index (κ2) is 5.85. The maximum atomic E-state index is 5.90. The van der Waals surface area contributed by atoms with E-state index in [1.54, 1.807) is 0 Å². The molecular weight excluding hydrogens is 282 g/mol. The number of hydrogen-bond donors (Lipinski definition) is 1. The monoisotopic (exact) mass is 299 g/mol. The van der Waals surface area contributed by atoms with Crippen LogP contribution in [-0.4, -0.2) is 13.4 Å². The standard InChI is InChI=1S/C13H18BrNO2/c1-9(15)12-6-11(14)4-5-13(12)17-8-16-7-10-2-3-10/h4-6,9-10H,2-3,7-8,15H2,1H3. The lowest BCUT2D eigenvalue weighted by atomic mass is 10.1. The molecule has 2 N–H and O–H groups in total. The summed E-state index contributed by atoms with van der Waals surface area (Å²) in [5, 5.41) is 0. The van der Waals surface area contributed by atoms with Crippen LogP contribution in [0.25, 0.3) is 0 Å². The molecule has 1 aliphatic rings. The van der Waals surface area contributed by atoms with Gasteiger partial charge >= 0.3 is 0 Å². The predicted octanol–water partition coefficient (Wildman–Crippen LogP) is 3.23. The van der Waals surface area contributed by atoms with E-state index in [0.29, 0.717) is 6.79 Å². The topological polar surface area (TPSA) is 44.5 Å². The van der Waals surface area contributed by atoms with Gasteiger partial charge in [0.15, 0.2) is 6.79 Å². The van der Waals surface area contributed by atoms with Crippen molar-refractivity contribution in [3.8, 4) is 5.75 Å². The molecule has 1 aliphatic carbocycles. The van der Waals surface area contributed by atoms with Crippen molar-refractivity contribution in [2.75, 3.05) is 13.4 Å². The Morgan fingerprint density at radius 2 is 2.24 bits per heavy atom. The molecule has 1 atom stereocenters. The summed E-state index contributed by atoms with van der Waals surface area (Å²) < 4.78 is 12.1. The Bertz CT molecular complexity index is 378. The Kier molecular flexibility index (Phi) is 4.42. The highest BCUT2D eigenvalue weighted by Crippen LogP contribution is 2.29. The second-order valence-electron chi connectivity index (χ2n) is 4.55. The first-order valence-electron chi connectivity index (χ1n) is 5.92. The Morgan fingerprint density at radius 3 is 2.88 bits per heavy atom. The first kappa shape index (κ1) is 12.9. The fourth-order valence-electron chi connectivity index (χ4n) is 1.61. The molecule has 1 aromatic carbocycles. The van der Waals surface area contributed by atoms with Gasteiger partial charge in [-0.05, 0) is 43.9 Å². The first-order valence-corrected chi connectivity index (χ1v) is 6.71. The van der Waals surface area contributed by atoms with Gasteiger partial charge in [-0.1, -0.05) is 15.9 Å². The molecular formula is C13H18BrNO2. The minimum absolute atomic E-state index is 0.0501. The van der Waals surface area contributed by atoms with Gasteiger partial charge in [0.25, 0.3) is 0 Å². The highest BCUT2D eigenvalue weighted by atomic mass is 79.9. The van der Waals surface area contributed by atoms with E-state index < -0.39 is 0 Å². The Hall–Kier alpha value is -0.580. The maximum Gasteiger partial charge on any atom is 0.189 e. The molecule has 1 fully saturated rings. The predicted molar refractivity (Wildman–Crippen MR) is 70.9 cm³/mol. The van der Waals surface area contributed by atoms with E-state index in [0.717, 1.165) is 28.3 Å². The summed E-state index contributed by atoms with van der Waals surface area (Å²) in [5.74, 6) is 1.57. The summed E-state index contributed by atoms with van der Waals surface area (Å²) >= 11 is 3.43. The molecule has 1 aromatic rings. The molecule has 2 rings (SSSR count).